The maximum absolute atomic E-state index is 12.8. The van der Waals surface area contributed by atoms with E-state index in [1.54, 1.807) is 24.3 Å². The minimum Gasteiger partial charge on any atom is -0.481 e. The summed E-state index contributed by atoms with van der Waals surface area (Å²) in [6.07, 6.45) is 0.170. The van der Waals surface area contributed by atoms with Gasteiger partial charge in [0, 0.05) is 30.9 Å². The zero-order valence-corrected chi connectivity index (χ0v) is 18.1. The zero-order valence-electron chi connectivity index (χ0n) is 18.1. The molecule has 0 bridgehead atoms. The van der Waals surface area contributed by atoms with Gasteiger partial charge in [0.05, 0.1) is 22.1 Å². The van der Waals surface area contributed by atoms with Crippen LogP contribution in [0.2, 0.25) is 0 Å². The first-order chi connectivity index (χ1) is 16.2. The van der Waals surface area contributed by atoms with Gasteiger partial charge in [0.15, 0.2) is 0 Å². The number of rotatable bonds is 7. The number of non-ortho nitro benzene ring substituents is 1. The summed E-state index contributed by atoms with van der Waals surface area (Å²) in [5.74, 6) is -3.30. The first-order valence-electron chi connectivity index (χ1n) is 10.5. The summed E-state index contributed by atoms with van der Waals surface area (Å²) in [6, 6.07) is 10.2. The van der Waals surface area contributed by atoms with Gasteiger partial charge in [0.25, 0.3) is 17.5 Å². The van der Waals surface area contributed by atoms with E-state index >= 15 is 0 Å². The molecule has 2 aromatic rings. The number of benzene rings is 2. The van der Waals surface area contributed by atoms with E-state index in [9.17, 15) is 34.4 Å². The number of fused-ring (bicyclic) bond motifs is 1. The lowest BCUT2D eigenvalue weighted by Crippen LogP contribution is -2.47. The molecule has 2 atom stereocenters. The lowest BCUT2D eigenvalue weighted by atomic mass is 9.86. The monoisotopic (exact) mass is 464 g/mol. The summed E-state index contributed by atoms with van der Waals surface area (Å²) in [4.78, 5) is 66.8. The number of carboxylic acids is 1. The number of hydrogen-bond acceptors (Lipinski definition) is 6. The number of hydrogen-bond donors (Lipinski definition) is 1. The van der Waals surface area contributed by atoms with E-state index in [0.717, 1.165) is 4.90 Å². The Morgan fingerprint density at radius 3 is 2.29 bits per heavy atom. The summed E-state index contributed by atoms with van der Waals surface area (Å²) >= 11 is 0. The van der Waals surface area contributed by atoms with Gasteiger partial charge < -0.3 is 10.0 Å². The molecule has 0 aliphatic carbocycles. The molecule has 0 aromatic heterocycles. The van der Waals surface area contributed by atoms with Crippen molar-refractivity contribution in [3.05, 3.63) is 75.3 Å². The summed E-state index contributed by atoms with van der Waals surface area (Å²) in [7, 11) is 0. The highest BCUT2D eigenvalue weighted by molar-refractivity contribution is 6.21. The van der Waals surface area contributed by atoms with Crippen molar-refractivity contribution in [2.45, 2.75) is 19.4 Å². The lowest BCUT2D eigenvalue weighted by Gasteiger charge is -2.38. The Kier molecular flexibility index (Phi) is 5.93. The molecular formula is C23H20N4O7. The molecule has 2 unspecified atom stereocenters. The van der Waals surface area contributed by atoms with Crippen molar-refractivity contribution in [2.24, 2.45) is 10.9 Å². The van der Waals surface area contributed by atoms with Gasteiger partial charge in [-0.1, -0.05) is 24.3 Å². The number of urea groups is 1. The van der Waals surface area contributed by atoms with Crippen molar-refractivity contribution in [3.8, 4) is 0 Å². The SMILES string of the molecule is CC1=NC(=O)N(CCCN2C(=O)c3ccccc3C2=O)C(c2cccc([N+](=O)[O-])c2)C1C(=O)O. The van der Waals surface area contributed by atoms with E-state index in [0.29, 0.717) is 11.1 Å². The zero-order chi connectivity index (χ0) is 24.6. The van der Waals surface area contributed by atoms with E-state index in [2.05, 4.69) is 4.99 Å². The van der Waals surface area contributed by atoms with Crippen LogP contribution in [0.15, 0.2) is 53.5 Å². The van der Waals surface area contributed by atoms with Crippen LogP contribution in [0.4, 0.5) is 10.5 Å². The van der Waals surface area contributed by atoms with Gasteiger partial charge in [-0.05, 0) is 31.0 Å². The minimum atomic E-state index is -1.23. The Morgan fingerprint density at radius 1 is 1.06 bits per heavy atom. The molecule has 0 fully saturated rings. The summed E-state index contributed by atoms with van der Waals surface area (Å²) in [5.41, 5.74) is 0.750. The molecule has 11 nitrogen and oxygen atoms in total. The Hall–Kier alpha value is -4.41. The number of carbonyl (C=O) groups excluding carboxylic acids is 3. The van der Waals surface area contributed by atoms with Gasteiger partial charge in [-0.3, -0.25) is 29.4 Å². The maximum Gasteiger partial charge on any atom is 0.344 e. The van der Waals surface area contributed by atoms with Crippen LogP contribution in [0.25, 0.3) is 0 Å². The largest absolute Gasteiger partial charge is 0.481 e. The third-order valence-corrected chi connectivity index (χ3v) is 5.97. The molecule has 174 valence electrons. The number of carbonyl (C=O) groups is 4. The predicted octanol–water partition coefficient (Wildman–Crippen LogP) is 2.92. The number of aliphatic imine (C=N–C) groups is 1. The third-order valence-electron chi connectivity index (χ3n) is 5.97. The first kappa shape index (κ1) is 22.8. The van der Waals surface area contributed by atoms with Crippen molar-refractivity contribution < 1.29 is 29.2 Å². The smallest absolute Gasteiger partial charge is 0.344 e. The van der Waals surface area contributed by atoms with E-state index in [1.165, 1.54) is 36.1 Å². The standard InChI is InChI=1S/C23H20N4O7/c1-13-18(22(30)31)19(14-6-4-7-15(12-14)27(33)34)25(23(32)24-13)10-5-11-26-20(28)16-8-2-3-9-17(16)21(26)29/h2-4,6-9,12,18-19H,5,10-11H2,1H3,(H,30,31). The van der Waals surface area contributed by atoms with Gasteiger partial charge in [-0.25, -0.2) is 9.79 Å². The van der Waals surface area contributed by atoms with Gasteiger partial charge in [-0.2, -0.15) is 0 Å². The lowest BCUT2D eigenvalue weighted by molar-refractivity contribution is -0.385. The number of nitrogens with zero attached hydrogens (tertiary/aromatic N) is 4. The normalized spacial score (nSPS) is 19.8. The molecule has 34 heavy (non-hydrogen) atoms. The fourth-order valence-corrected chi connectivity index (χ4v) is 4.40. The van der Waals surface area contributed by atoms with Gasteiger partial charge >= 0.3 is 12.0 Å². The van der Waals surface area contributed by atoms with E-state index in [4.69, 9.17) is 0 Å². The van der Waals surface area contributed by atoms with Crippen molar-refractivity contribution in [2.75, 3.05) is 13.1 Å². The van der Waals surface area contributed by atoms with Gasteiger partial charge in [0.1, 0.15) is 5.92 Å². The Labute approximate surface area is 193 Å². The van der Waals surface area contributed by atoms with Crippen molar-refractivity contribution in [3.63, 3.8) is 0 Å². The maximum atomic E-state index is 12.8. The molecule has 0 saturated carbocycles. The summed E-state index contributed by atoms with van der Waals surface area (Å²) < 4.78 is 0. The molecule has 4 amide bonds. The van der Waals surface area contributed by atoms with E-state index in [1.807, 2.05) is 0 Å². The molecule has 0 spiro atoms. The van der Waals surface area contributed by atoms with Gasteiger partial charge in [-0.15, -0.1) is 0 Å². The molecular weight excluding hydrogens is 444 g/mol. The molecule has 2 aliphatic heterocycles. The van der Waals surface area contributed by atoms with Crippen LogP contribution in [0.3, 0.4) is 0 Å². The molecule has 2 aromatic carbocycles. The third kappa shape index (κ3) is 3.91. The fraction of sp³-hybridized carbons (Fsp3) is 0.261. The van der Waals surface area contributed by atoms with Crippen LogP contribution >= 0.6 is 0 Å². The number of imide groups is 1. The molecule has 1 N–H and O–H groups in total. The Bertz CT molecular complexity index is 1220. The van der Waals surface area contributed by atoms with Crippen LogP contribution in [0.1, 0.15) is 45.7 Å². The highest BCUT2D eigenvalue weighted by Gasteiger charge is 2.43. The highest BCUT2D eigenvalue weighted by atomic mass is 16.6. The average Bonchev–Trinajstić information content (AvgIpc) is 3.04. The van der Waals surface area contributed by atoms with Crippen LogP contribution in [-0.4, -0.2) is 62.4 Å². The first-order valence-corrected chi connectivity index (χ1v) is 10.5. The Morgan fingerprint density at radius 2 is 1.71 bits per heavy atom. The van der Waals surface area contributed by atoms with Crippen LogP contribution < -0.4 is 0 Å². The summed E-state index contributed by atoms with van der Waals surface area (Å²) in [5, 5.41) is 21.1. The quantitative estimate of drug-likeness (QED) is 0.376. The second-order valence-electron chi connectivity index (χ2n) is 8.00. The van der Waals surface area contributed by atoms with Crippen LogP contribution in [-0.2, 0) is 4.79 Å². The molecule has 2 heterocycles. The molecule has 0 saturated heterocycles. The molecule has 4 rings (SSSR count). The number of aliphatic carboxylic acids is 1. The minimum absolute atomic E-state index is 0.0121. The van der Waals surface area contributed by atoms with Crippen molar-refractivity contribution in [1.82, 2.24) is 9.80 Å². The predicted molar refractivity (Wildman–Crippen MR) is 119 cm³/mol. The van der Waals surface area contributed by atoms with E-state index in [-0.39, 0.29) is 36.5 Å². The molecule has 0 radical (unpaired) electrons. The van der Waals surface area contributed by atoms with Crippen LogP contribution in [0.5, 0.6) is 0 Å². The number of carboxylic acid groups (broad SMARTS) is 1. The second-order valence-corrected chi connectivity index (χ2v) is 8.00. The van der Waals surface area contributed by atoms with Crippen molar-refractivity contribution >= 4 is 35.2 Å². The molecule has 2 aliphatic rings. The van der Waals surface area contributed by atoms with Crippen LogP contribution in [0, 0.1) is 16.0 Å². The van der Waals surface area contributed by atoms with E-state index < -0.39 is 40.7 Å². The average molecular weight is 464 g/mol. The van der Waals surface area contributed by atoms with Crippen molar-refractivity contribution in [1.29, 1.82) is 0 Å². The highest BCUT2D eigenvalue weighted by Crippen LogP contribution is 2.36. The van der Waals surface area contributed by atoms with Gasteiger partial charge in [0.2, 0.25) is 0 Å². The second kappa shape index (κ2) is 8.85. The Balaban J connectivity index is 1.59. The number of nitro benzene ring substituents is 1. The topological polar surface area (TPSA) is 150 Å². The number of nitro groups is 1. The fourth-order valence-electron chi connectivity index (χ4n) is 4.40. The summed E-state index contributed by atoms with van der Waals surface area (Å²) in [6.45, 7) is 1.43. The molecule has 11 heteroatoms. The number of amides is 4.